The summed E-state index contributed by atoms with van der Waals surface area (Å²) in [4.78, 5) is 15.0. The molecule has 0 unspecified atom stereocenters. The van der Waals surface area contributed by atoms with E-state index in [-0.39, 0.29) is 18.1 Å². The van der Waals surface area contributed by atoms with E-state index in [1.54, 1.807) is 0 Å². The van der Waals surface area contributed by atoms with Gasteiger partial charge in [0.05, 0.1) is 12.6 Å². The van der Waals surface area contributed by atoms with Crippen LogP contribution in [-0.2, 0) is 11.2 Å². The van der Waals surface area contributed by atoms with E-state index >= 15 is 0 Å². The fourth-order valence-corrected chi connectivity index (χ4v) is 3.83. The number of ether oxygens (including phenoxy) is 2. The van der Waals surface area contributed by atoms with E-state index in [1.807, 2.05) is 48.2 Å². The lowest BCUT2D eigenvalue weighted by Crippen LogP contribution is -2.40. The van der Waals surface area contributed by atoms with Gasteiger partial charge in [-0.05, 0) is 49.1 Å². The zero-order chi connectivity index (χ0) is 17.2. The highest BCUT2D eigenvalue weighted by Crippen LogP contribution is 2.36. The van der Waals surface area contributed by atoms with Gasteiger partial charge < -0.3 is 14.4 Å². The van der Waals surface area contributed by atoms with Gasteiger partial charge in [0.2, 0.25) is 0 Å². The molecule has 0 radical (unpaired) electrons. The number of likely N-dealkylation sites (tertiary alicyclic amines) is 1. The van der Waals surface area contributed by atoms with Crippen LogP contribution in [0, 0.1) is 0 Å². The minimum absolute atomic E-state index is 0.104. The summed E-state index contributed by atoms with van der Waals surface area (Å²) < 4.78 is 11.4. The van der Waals surface area contributed by atoms with E-state index in [0.29, 0.717) is 13.0 Å². The molecule has 1 saturated heterocycles. The quantitative estimate of drug-likeness (QED) is 0.853. The Balaban J connectivity index is 1.49. The summed E-state index contributed by atoms with van der Waals surface area (Å²) in [6, 6.07) is 16.2. The van der Waals surface area contributed by atoms with Crippen LogP contribution in [0.5, 0.6) is 11.5 Å². The second kappa shape index (κ2) is 6.79. The molecule has 1 fully saturated rings. The van der Waals surface area contributed by atoms with Gasteiger partial charge >= 0.3 is 0 Å². The largest absolute Gasteiger partial charge is 0.494 e. The highest BCUT2D eigenvalue weighted by atomic mass is 16.5. The highest BCUT2D eigenvalue weighted by Gasteiger charge is 2.37. The van der Waals surface area contributed by atoms with Gasteiger partial charge in [0.25, 0.3) is 5.91 Å². The molecule has 4 nitrogen and oxygen atoms in total. The molecule has 1 amide bonds. The number of carbonyl (C=O) groups is 1. The van der Waals surface area contributed by atoms with Gasteiger partial charge in [0, 0.05) is 13.0 Å². The van der Waals surface area contributed by atoms with Crippen LogP contribution in [0.15, 0.2) is 48.5 Å². The third kappa shape index (κ3) is 3.09. The maximum Gasteiger partial charge on any atom is 0.264 e. The highest BCUT2D eigenvalue weighted by molar-refractivity contribution is 5.83. The number of fused-ring (bicyclic) bond motifs is 1. The van der Waals surface area contributed by atoms with Gasteiger partial charge in [-0.2, -0.15) is 0 Å². The first-order valence-corrected chi connectivity index (χ1v) is 9.04. The Labute approximate surface area is 148 Å². The van der Waals surface area contributed by atoms with Gasteiger partial charge in [0.1, 0.15) is 11.5 Å². The molecule has 0 saturated carbocycles. The van der Waals surface area contributed by atoms with Crippen LogP contribution in [0.3, 0.4) is 0 Å². The molecule has 4 rings (SSSR count). The van der Waals surface area contributed by atoms with E-state index in [2.05, 4.69) is 12.1 Å². The number of rotatable bonds is 4. The number of hydrogen-bond donors (Lipinski definition) is 0. The molecule has 2 aromatic carbocycles. The maximum absolute atomic E-state index is 13.0. The number of benzene rings is 2. The van der Waals surface area contributed by atoms with E-state index in [9.17, 15) is 4.79 Å². The molecular weight excluding hydrogens is 314 g/mol. The van der Waals surface area contributed by atoms with Crippen molar-refractivity contribution < 1.29 is 14.3 Å². The van der Waals surface area contributed by atoms with Gasteiger partial charge in [-0.3, -0.25) is 4.79 Å². The first-order chi connectivity index (χ1) is 12.3. The summed E-state index contributed by atoms with van der Waals surface area (Å²) in [7, 11) is 0. The number of para-hydroxylation sites is 1. The van der Waals surface area contributed by atoms with Crippen LogP contribution in [0.2, 0.25) is 0 Å². The number of carbonyl (C=O) groups excluding carboxylic acids is 1. The van der Waals surface area contributed by atoms with Crippen molar-refractivity contribution in [3.8, 4) is 11.5 Å². The SMILES string of the molecule is CCOc1ccc([C@H]2CCCN2C(=O)[C@H]2Cc3ccccc3O2)cc1. The van der Waals surface area contributed by atoms with Crippen molar-refractivity contribution in [1.29, 1.82) is 0 Å². The average molecular weight is 337 g/mol. The number of amides is 1. The van der Waals surface area contributed by atoms with Crippen LogP contribution >= 0.6 is 0 Å². The Kier molecular flexibility index (Phi) is 4.35. The molecule has 0 N–H and O–H groups in total. The van der Waals surface area contributed by atoms with E-state index in [4.69, 9.17) is 9.47 Å². The molecule has 0 aliphatic carbocycles. The summed E-state index contributed by atoms with van der Waals surface area (Å²) in [5.74, 6) is 1.82. The Hall–Kier alpha value is -2.49. The summed E-state index contributed by atoms with van der Waals surface area (Å²) in [5, 5.41) is 0. The predicted octanol–water partition coefficient (Wildman–Crippen LogP) is 3.75. The molecule has 2 heterocycles. The molecule has 0 spiro atoms. The molecule has 0 aromatic heterocycles. The Morgan fingerprint density at radius 2 is 2.00 bits per heavy atom. The first-order valence-electron chi connectivity index (χ1n) is 9.04. The topological polar surface area (TPSA) is 38.8 Å². The van der Waals surface area contributed by atoms with Crippen molar-refractivity contribution in [3.63, 3.8) is 0 Å². The summed E-state index contributed by atoms with van der Waals surface area (Å²) in [5.41, 5.74) is 2.29. The third-order valence-corrected chi connectivity index (χ3v) is 5.03. The maximum atomic E-state index is 13.0. The number of hydrogen-bond acceptors (Lipinski definition) is 3. The molecular formula is C21H23NO3. The fourth-order valence-electron chi connectivity index (χ4n) is 3.83. The normalized spacial score (nSPS) is 21.7. The Morgan fingerprint density at radius 1 is 1.20 bits per heavy atom. The smallest absolute Gasteiger partial charge is 0.264 e. The van der Waals surface area contributed by atoms with Crippen LogP contribution in [0.4, 0.5) is 0 Å². The van der Waals surface area contributed by atoms with Crippen molar-refractivity contribution in [2.75, 3.05) is 13.2 Å². The van der Waals surface area contributed by atoms with Gasteiger partial charge in [-0.1, -0.05) is 30.3 Å². The fraction of sp³-hybridized carbons (Fsp3) is 0.381. The van der Waals surface area contributed by atoms with Crippen LogP contribution in [0.1, 0.15) is 36.9 Å². The lowest BCUT2D eigenvalue weighted by Gasteiger charge is -2.27. The molecule has 25 heavy (non-hydrogen) atoms. The predicted molar refractivity (Wildman–Crippen MR) is 95.9 cm³/mol. The molecule has 4 heteroatoms. The average Bonchev–Trinajstić information content (AvgIpc) is 3.29. The second-order valence-electron chi connectivity index (χ2n) is 6.61. The van der Waals surface area contributed by atoms with Crippen molar-refractivity contribution in [2.45, 2.75) is 38.3 Å². The Morgan fingerprint density at radius 3 is 2.76 bits per heavy atom. The van der Waals surface area contributed by atoms with E-state index in [0.717, 1.165) is 36.4 Å². The zero-order valence-corrected chi connectivity index (χ0v) is 14.5. The molecule has 2 aliphatic heterocycles. The monoisotopic (exact) mass is 337 g/mol. The molecule has 2 atom stereocenters. The van der Waals surface area contributed by atoms with Gasteiger partial charge in [-0.15, -0.1) is 0 Å². The summed E-state index contributed by atoms with van der Waals surface area (Å²) in [6.07, 6.45) is 2.31. The summed E-state index contributed by atoms with van der Waals surface area (Å²) in [6.45, 7) is 3.44. The molecule has 2 aromatic rings. The van der Waals surface area contributed by atoms with Crippen molar-refractivity contribution in [2.24, 2.45) is 0 Å². The lowest BCUT2D eigenvalue weighted by molar-refractivity contribution is -0.138. The second-order valence-corrected chi connectivity index (χ2v) is 6.61. The van der Waals surface area contributed by atoms with E-state index in [1.165, 1.54) is 5.56 Å². The van der Waals surface area contributed by atoms with Crippen LogP contribution in [0.25, 0.3) is 0 Å². The van der Waals surface area contributed by atoms with Gasteiger partial charge in [0.15, 0.2) is 6.10 Å². The standard InChI is InChI=1S/C21H23NO3/c1-2-24-17-11-9-15(10-12-17)18-7-5-13-22(18)21(23)20-14-16-6-3-4-8-19(16)25-20/h3-4,6,8-12,18,20H,2,5,7,13-14H2,1H3/t18-,20-/m1/s1. The van der Waals surface area contributed by atoms with Gasteiger partial charge in [-0.25, -0.2) is 0 Å². The van der Waals surface area contributed by atoms with E-state index < -0.39 is 0 Å². The summed E-state index contributed by atoms with van der Waals surface area (Å²) >= 11 is 0. The minimum atomic E-state index is -0.388. The van der Waals surface area contributed by atoms with Crippen LogP contribution in [-0.4, -0.2) is 30.1 Å². The third-order valence-electron chi connectivity index (χ3n) is 5.03. The van der Waals surface area contributed by atoms with Crippen molar-refractivity contribution in [3.05, 3.63) is 59.7 Å². The van der Waals surface area contributed by atoms with Crippen molar-refractivity contribution in [1.82, 2.24) is 4.90 Å². The lowest BCUT2D eigenvalue weighted by atomic mass is 10.0. The molecule has 2 aliphatic rings. The van der Waals surface area contributed by atoms with Crippen LogP contribution < -0.4 is 9.47 Å². The Bertz CT molecular complexity index is 731. The first kappa shape index (κ1) is 16.0. The number of nitrogens with zero attached hydrogens (tertiary/aromatic N) is 1. The van der Waals surface area contributed by atoms with Crippen molar-refractivity contribution >= 4 is 5.91 Å². The minimum Gasteiger partial charge on any atom is -0.494 e. The zero-order valence-electron chi connectivity index (χ0n) is 14.5. The molecule has 0 bridgehead atoms. The molecule has 130 valence electrons.